The monoisotopic (exact) mass is 212 g/mol. The maximum atomic E-state index is 10.6. The standard InChI is InChI=1S/C12H8N2O2/c15-12-11(14-16)9-5-7-3-1-2-4-8(7)6-10(9)13-12/h1-6,13,15H. The maximum absolute atomic E-state index is 10.6. The summed E-state index contributed by atoms with van der Waals surface area (Å²) in [6.07, 6.45) is 0. The van der Waals surface area contributed by atoms with Gasteiger partial charge in [0.1, 0.15) is 0 Å². The maximum Gasteiger partial charge on any atom is 0.219 e. The second kappa shape index (κ2) is 3.06. The Kier molecular flexibility index (Phi) is 1.71. The molecule has 2 N–H and O–H groups in total. The van der Waals surface area contributed by atoms with E-state index in [-0.39, 0.29) is 11.6 Å². The fraction of sp³-hybridized carbons (Fsp3) is 0. The highest BCUT2D eigenvalue weighted by Crippen LogP contribution is 2.36. The summed E-state index contributed by atoms with van der Waals surface area (Å²) in [5.41, 5.74) is 0.784. The molecule has 0 spiro atoms. The van der Waals surface area contributed by atoms with Gasteiger partial charge in [-0.15, -0.1) is 4.91 Å². The average Bonchev–Trinajstić information content (AvgIpc) is 2.60. The van der Waals surface area contributed by atoms with Gasteiger partial charge in [0.15, 0.2) is 5.69 Å². The number of aromatic hydroxyl groups is 1. The molecule has 1 aromatic heterocycles. The average molecular weight is 212 g/mol. The molecule has 3 aromatic rings. The van der Waals surface area contributed by atoms with Crippen molar-refractivity contribution in [3.63, 3.8) is 0 Å². The van der Waals surface area contributed by atoms with Crippen molar-refractivity contribution in [3.8, 4) is 5.88 Å². The molecule has 3 rings (SSSR count). The lowest BCUT2D eigenvalue weighted by Gasteiger charge is -1.97. The molecule has 0 atom stereocenters. The summed E-state index contributed by atoms with van der Waals surface area (Å²) < 4.78 is 0. The SMILES string of the molecule is O=Nc1c(O)[nH]c2cc3ccccc3cc12. The van der Waals surface area contributed by atoms with Crippen LogP contribution in [0.25, 0.3) is 21.7 Å². The Morgan fingerprint density at radius 2 is 1.81 bits per heavy atom. The number of nitroso groups, excluding NO2 is 1. The first-order chi connectivity index (χ1) is 7.79. The predicted octanol–water partition coefficient (Wildman–Crippen LogP) is 3.42. The Hall–Kier alpha value is -2.36. The van der Waals surface area contributed by atoms with E-state index in [1.165, 1.54) is 0 Å². The first-order valence-electron chi connectivity index (χ1n) is 4.86. The molecule has 0 aliphatic carbocycles. The number of aromatic amines is 1. The summed E-state index contributed by atoms with van der Waals surface area (Å²) in [6, 6.07) is 11.5. The lowest BCUT2D eigenvalue weighted by Crippen LogP contribution is -1.72. The Morgan fingerprint density at radius 1 is 1.12 bits per heavy atom. The molecule has 0 saturated carbocycles. The van der Waals surface area contributed by atoms with Crippen LogP contribution in [0.3, 0.4) is 0 Å². The van der Waals surface area contributed by atoms with Gasteiger partial charge < -0.3 is 10.1 Å². The van der Waals surface area contributed by atoms with Gasteiger partial charge in [-0.3, -0.25) is 0 Å². The molecule has 0 aliphatic rings. The predicted molar refractivity (Wildman–Crippen MR) is 62.9 cm³/mol. The molecular weight excluding hydrogens is 204 g/mol. The molecule has 2 aromatic carbocycles. The highest BCUT2D eigenvalue weighted by molar-refractivity contribution is 6.03. The molecule has 0 fully saturated rings. The van der Waals surface area contributed by atoms with Gasteiger partial charge in [-0.25, -0.2) is 0 Å². The number of hydrogen-bond donors (Lipinski definition) is 2. The quantitative estimate of drug-likeness (QED) is 0.607. The molecule has 16 heavy (non-hydrogen) atoms. The van der Waals surface area contributed by atoms with Crippen molar-refractivity contribution in [2.45, 2.75) is 0 Å². The van der Waals surface area contributed by atoms with Gasteiger partial charge in [-0.05, 0) is 28.1 Å². The van der Waals surface area contributed by atoms with E-state index in [9.17, 15) is 10.0 Å². The van der Waals surface area contributed by atoms with Crippen LogP contribution in [0.4, 0.5) is 5.69 Å². The van der Waals surface area contributed by atoms with E-state index in [4.69, 9.17) is 0 Å². The third-order valence-electron chi connectivity index (χ3n) is 2.71. The lowest BCUT2D eigenvalue weighted by atomic mass is 10.1. The zero-order valence-corrected chi connectivity index (χ0v) is 8.27. The van der Waals surface area contributed by atoms with Gasteiger partial charge in [0.2, 0.25) is 5.88 Å². The van der Waals surface area contributed by atoms with Gasteiger partial charge >= 0.3 is 0 Å². The van der Waals surface area contributed by atoms with E-state index in [0.29, 0.717) is 10.9 Å². The van der Waals surface area contributed by atoms with E-state index in [2.05, 4.69) is 10.2 Å². The van der Waals surface area contributed by atoms with Crippen molar-refractivity contribution in [1.82, 2.24) is 4.98 Å². The largest absolute Gasteiger partial charge is 0.493 e. The molecule has 0 radical (unpaired) electrons. The number of rotatable bonds is 1. The van der Waals surface area contributed by atoms with E-state index in [1.807, 2.05) is 36.4 Å². The van der Waals surface area contributed by atoms with Gasteiger partial charge in [-0.1, -0.05) is 24.3 Å². The Morgan fingerprint density at radius 3 is 2.50 bits per heavy atom. The van der Waals surface area contributed by atoms with Crippen LogP contribution >= 0.6 is 0 Å². The highest BCUT2D eigenvalue weighted by atomic mass is 16.3. The molecule has 78 valence electrons. The minimum absolute atomic E-state index is 0.0701. The molecule has 0 amide bonds. The van der Waals surface area contributed by atoms with Crippen molar-refractivity contribution >= 4 is 27.4 Å². The van der Waals surface area contributed by atoms with Gasteiger partial charge in [0, 0.05) is 5.39 Å². The molecule has 0 aliphatic heterocycles. The molecule has 4 nitrogen and oxygen atoms in total. The number of nitrogens with one attached hydrogen (secondary N) is 1. The first kappa shape index (κ1) is 8.91. The highest BCUT2D eigenvalue weighted by Gasteiger charge is 2.11. The summed E-state index contributed by atoms with van der Waals surface area (Å²) in [4.78, 5) is 13.3. The second-order valence-corrected chi connectivity index (χ2v) is 3.66. The van der Waals surface area contributed by atoms with E-state index < -0.39 is 0 Å². The molecule has 0 unspecified atom stereocenters. The van der Waals surface area contributed by atoms with E-state index in [1.54, 1.807) is 0 Å². The van der Waals surface area contributed by atoms with Crippen LogP contribution in [-0.4, -0.2) is 10.1 Å². The first-order valence-corrected chi connectivity index (χ1v) is 4.86. The van der Waals surface area contributed by atoms with Crippen LogP contribution in [0.5, 0.6) is 5.88 Å². The number of hydrogen-bond acceptors (Lipinski definition) is 3. The number of benzene rings is 2. The van der Waals surface area contributed by atoms with Crippen LogP contribution in [0.1, 0.15) is 0 Å². The molecule has 4 heteroatoms. The van der Waals surface area contributed by atoms with E-state index >= 15 is 0 Å². The Balaban J connectivity index is 2.51. The summed E-state index contributed by atoms with van der Waals surface area (Å²) in [6.45, 7) is 0. The smallest absolute Gasteiger partial charge is 0.219 e. The number of nitrogens with zero attached hydrogens (tertiary/aromatic N) is 1. The van der Waals surface area contributed by atoms with Crippen molar-refractivity contribution in [3.05, 3.63) is 41.3 Å². The number of aromatic nitrogens is 1. The summed E-state index contributed by atoms with van der Waals surface area (Å²) in [7, 11) is 0. The second-order valence-electron chi connectivity index (χ2n) is 3.66. The minimum Gasteiger partial charge on any atom is -0.493 e. The van der Waals surface area contributed by atoms with E-state index in [0.717, 1.165) is 10.8 Å². The minimum atomic E-state index is -0.180. The third-order valence-corrected chi connectivity index (χ3v) is 2.71. The summed E-state index contributed by atoms with van der Waals surface area (Å²) >= 11 is 0. The van der Waals surface area contributed by atoms with Crippen LogP contribution in [-0.2, 0) is 0 Å². The van der Waals surface area contributed by atoms with Crippen molar-refractivity contribution in [1.29, 1.82) is 0 Å². The topological polar surface area (TPSA) is 65.4 Å². The number of H-pyrrole nitrogens is 1. The number of fused-ring (bicyclic) bond motifs is 2. The van der Waals surface area contributed by atoms with Gasteiger partial charge in [0.25, 0.3) is 0 Å². The zero-order valence-electron chi connectivity index (χ0n) is 8.27. The van der Waals surface area contributed by atoms with Crippen LogP contribution in [0, 0.1) is 4.91 Å². The summed E-state index contributed by atoms with van der Waals surface area (Å²) in [5, 5.41) is 15.0. The molecular formula is C12H8N2O2. The molecule has 1 heterocycles. The molecule has 0 saturated heterocycles. The zero-order chi connectivity index (χ0) is 11.1. The van der Waals surface area contributed by atoms with Gasteiger partial charge in [-0.2, -0.15) is 0 Å². The summed E-state index contributed by atoms with van der Waals surface area (Å²) in [5.74, 6) is -0.180. The van der Waals surface area contributed by atoms with Crippen LogP contribution < -0.4 is 0 Å². The van der Waals surface area contributed by atoms with Crippen molar-refractivity contribution in [2.75, 3.05) is 0 Å². The molecule has 0 bridgehead atoms. The van der Waals surface area contributed by atoms with Crippen LogP contribution in [0.2, 0.25) is 0 Å². The van der Waals surface area contributed by atoms with Crippen molar-refractivity contribution in [2.24, 2.45) is 5.18 Å². The van der Waals surface area contributed by atoms with Gasteiger partial charge in [0.05, 0.1) is 5.52 Å². The Bertz CT molecular complexity index is 701. The fourth-order valence-electron chi connectivity index (χ4n) is 1.95. The van der Waals surface area contributed by atoms with Crippen molar-refractivity contribution < 1.29 is 5.11 Å². The van der Waals surface area contributed by atoms with Crippen LogP contribution in [0.15, 0.2) is 41.6 Å². The Labute approximate surface area is 90.5 Å². The normalized spacial score (nSPS) is 11.0. The third kappa shape index (κ3) is 1.10. The fourth-order valence-corrected chi connectivity index (χ4v) is 1.95. The lowest BCUT2D eigenvalue weighted by molar-refractivity contribution is 0.460.